The predicted octanol–water partition coefficient (Wildman–Crippen LogP) is 8.27. The van der Waals surface area contributed by atoms with Crippen LogP contribution in [-0.2, 0) is 22.2 Å². The molecule has 5 rings (SSSR count). The Morgan fingerprint density at radius 2 is 0.917 bits per heavy atom. The highest BCUT2D eigenvalue weighted by Crippen LogP contribution is 2.36. The lowest BCUT2D eigenvalue weighted by Gasteiger charge is -2.26. The summed E-state index contributed by atoms with van der Waals surface area (Å²) in [7, 11) is 0. The maximum Gasteiger partial charge on any atom is 0.318 e. The lowest BCUT2D eigenvalue weighted by Crippen LogP contribution is -2.58. The summed E-state index contributed by atoms with van der Waals surface area (Å²) in [4.78, 5) is 1.53. The number of fused-ring (bicyclic) bond motifs is 2. The predicted molar refractivity (Wildman–Crippen MR) is 210 cm³/mol. The third-order valence-electron chi connectivity index (χ3n) is 11.3. The molecule has 2 aliphatic rings. The molecule has 48 heavy (non-hydrogen) atoms. The molecule has 6 nitrogen and oxygen atoms in total. The molecule has 0 aliphatic heterocycles. The van der Waals surface area contributed by atoms with Crippen LogP contribution >= 0.6 is 24.4 Å². The van der Waals surface area contributed by atoms with Gasteiger partial charge in [0.2, 0.25) is 0 Å². The van der Waals surface area contributed by atoms with E-state index in [-0.39, 0.29) is 34.2 Å². The Balaban J connectivity index is 1.99. The second kappa shape index (κ2) is 13.0. The highest BCUT2D eigenvalue weighted by Gasteiger charge is 2.46. The average Bonchev–Trinajstić information content (AvgIpc) is 3.85. The Morgan fingerprint density at radius 3 is 1.21 bits per heavy atom. The number of thiocarbonyl (C=S) groups is 2. The molecule has 1 aromatic carbocycles. The highest BCUT2D eigenvalue weighted by atomic mass is 32.1. The molecule has 8 heteroatoms. The fourth-order valence-corrected chi connectivity index (χ4v) is 7.54. The molecule has 258 valence electrons. The zero-order valence-corrected chi connectivity index (χ0v) is 33.0. The molecule has 0 saturated heterocycles. The van der Waals surface area contributed by atoms with Crippen LogP contribution in [0.15, 0.2) is 60.7 Å². The fourth-order valence-electron chi connectivity index (χ4n) is 6.91. The molecule has 0 bridgehead atoms. The van der Waals surface area contributed by atoms with Gasteiger partial charge in [-0.15, -0.1) is 0 Å². The molecular weight excluding hydrogens is 629 g/mol. The minimum atomic E-state index is -0.208. The molecule has 0 fully saturated rings. The van der Waals surface area contributed by atoms with Gasteiger partial charge in [-0.1, -0.05) is 101 Å². The van der Waals surface area contributed by atoms with Gasteiger partial charge in [0, 0.05) is 12.1 Å². The van der Waals surface area contributed by atoms with Crippen molar-refractivity contribution < 1.29 is 9.13 Å². The topological polar surface area (TPSA) is 41.7 Å². The van der Waals surface area contributed by atoms with Crippen LogP contribution in [-0.4, -0.2) is 31.2 Å². The first-order valence-corrected chi connectivity index (χ1v) is 18.7. The Kier molecular flexibility index (Phi) is 9.78. The fraction of sp³-hybridized carbons (Fsp3) is 0.550. The minimum Gasteiger partial charge on any atom is -0.360 e. The minimum absolute atomic E-state index is 0.0776. The number of nitrogens with zero attached hydrogens (tertiary/aromatic N) is 4. The van der Waals surface area contributed by atoms with Crippen LogP contribution in [0.25, 0.3) is 22.1 Å². The smallest absolute Gasteiger partial charge is 0.318 e. The first kappa shape index (κ1) is 36.2. The van der Waals surface area contributed by atoms with Gasteiger partial charge in [0.1, 0.15) is 22.2 Å². The number of allylic oxidation sites excluding steroid dienone is 4. The lowest BCUT2D eigenvalue weighted by atomic mass is 10.00. The van der Waals surface area contributed by atoms with Crippen LogP contribution in [0.2, 0.25) is 0 Å². The number of benzene rings is 1. The Labute approximate surface area is 299 Å². The summed E-state index contributed by atoms with van der Waals surface area (Å²) in [5, 5.41) is 7.36. The van der Waals surface area contributed by atoms with Crippen molar-refractivity contribution in [1.29, 1.82) is 0 Å². The van der Waals surface area contributed by atoms with E-state index in [4.69, 9.17) is 24.4 Å². The Morgan fingerprint density at radius 1 is 0.583 bits per heavy atom. The Hall–Kier alpha value is -3.10. The van der Waals surface area contributed by atoms with E-state index in [0.717, 1.165) is 47.3 Å². The molecule has 2 heterocycles. The Bertz CT molecular complexity index is 1630. The molecule has 0 spiro atoms. The third-order valence-corrected chi connectivity index (χ3v) is 11.9. The van der Waals surface area contributed by atoms with Crippen molar-refractivity contribution in [2.75, 3.05) is 0 Å². The quantitative estimate of drug-likeness (QED) is 0.149. The molecule has 0 amide bonds. The normalized spacial score (nSPS) is 15.9. The van der Waals surface area contributed by atoms with Gasteiger partial charge in [-0.3, -0.25) is 0 Å². The van der Waals surface area contributed by atoms with Gasteiger partial charge in [-0.2, -0.15) is 0 Å². The summed E-state index contributed by atoms with van der Waals surface area (Å²) in [6, 6.07) is 5.03. The summed E-state index contributed by atoms with van der Waals surface area (Å²) < 4.78 is 10.1. The van der Waals surface area contributed by atoms with Crippen molar-refractivity contribution in [2.45, 2.75) is 143 Å². The van der Waals surface area contributed by atoms with Crippen LogP contribution in [0, 0.1) is 0 Å². The summed E-state index contributed by atoms with van der Waals surface area (Å²) in [6.07, 6.45) is 20.8. The number of imidazole rings is 2. The number of rotatable bonds is 12. The molecule has 0 saturated carbocycles. The third kappa shape index (κ3) is 6.12. The van der Waals surface area contributed by atoms with Gasteiger partial charge in [0.25, 0.3) is 0 Å². The molecule has 2 aliphatic carbocycles. The molecular formula is C40H58N6S2+2. The number of aromatic nitrogens is 4. The summed E-state index contributed by atoms with van der Waals surface area (Å²) >= 11 is 12.7. The van der Waals surface area contributed by atoms with Crippen molar-refractivity contribution >= 4 is 56.5 Å². The first-order chi connectivity index (χ1) is 22.5. The van der Waals surface area contributed by atoms with Gasteiger partial charge < -0.3 is 10.6 Å². The summed E-state index contributed by atoms with van der Waals surface area (Å²) in [5.41, 5.74) is 3.92. The van der Waals surface area contributed by atoms with E-state index in [9.17, 15) is 0 Å². The zero-order valence-electron chi connectivity index (χ0n) is 31.4. The molecule has 0 radical (unpaired) electrons. The summed E-state index contributed by atoms with van der Waals surface area (Å²) in [6.45, 7) is 27.8. The van der Waals surface area contributed by atoms with E-state index >= 15 is 0 Å². The number of hydrogen-bond acceptors (Lipinski definition) is 2. The monoisotopic (exact) mass is 686 g/mol. The number of nitrogens with one attached hydrogen (secondary N) is 2. The maximum absolute atomic E-state index is 6.36. The van der Waals surface area contributed by atoms with Gasteiger partial charge in [-0.25, -0.2) is 18.3 Å². The van der Waals surface area contributed by atoms with E-state index in [2.05, 4.69) is 173 Å². The van der Waals surface area contributed by atoms with Crippen molar-refractivity contribution in [3.8, 4) is 0 Å². The highest BCUT2D eigenvalue weighted by molar-refractivity contribution is 7.80. The summed E-state index contributed by atoms with van der Waals surface area (Å²) in [5.74, 6) is 2.11. The first-order valence-electron chi connectivity index (χ1n) is 17.9. The number of hydrogen-bond donors (Lipinski definition) is 2. The van der Waals surface area contributed by atoms with E-state index in [0.29, 0.717) is 0 Å². The SMILES string of the molecule is CCC(C)(C)n1c(C(=S)NC2C=CC=C2)[n+](C(C)(C)CC)c2cc3c(cc21)n(C(C)(C)CC)c(C(=S)NC1C=CC=C1)[n+]3C(C)(C)CC. The van der Waals surface area contributed by atoms with Crippen LogP contribution in [0.1, 0.15) is 120 Å². The van der Waals surface area contributed by atoms with Gasteiger partial charge in [-0.05, 0) is 81.1 Å². The van der Waals surface area contributed by atoms with Crippen molar-refractivity contribution in [2.24, 2.45) is 0 Å². The average molecular weight is 687 g/mol. The second-order valence-corrected chi connectivity index (χ2v) is 16.8. The van der Waals surface area contributed by atoms with Crippen LogP contribution in [0.5, 0.6) is 0 Å². The van der Waals surface area contributed by atoms with Crippen LogP contribution < -0.4 is 19.8 Å². The van der Waals surface area contributed by atoms with Crippen molar-refractivity contribution in [3.63, 3.8) is 0 Å². The van der Waals surface area contributed by atoms with E-state index in [1.165, 1.54) is 22.1 Å². The lowest BCUT2D eigenvalue weighted by molar-refractivity contribution is -0.740. The van der Waals surface area contributed by atoms with Crippen LogP contribution in [0.3, 0.4) is 0 Å². The maximum atomic E-state index is 6.36. The molecule has 2 N–H and O–H groups in total. The molecule has 3 aromatic rings. The molecule has 0 atom stereocenters. The van der Waals surface area contributed by atoms with Crippen molar-refractivity contribution in [3.05, 3.63) is 72.4 Å². The van der Waals surface area contributed by atoms with E-state index in [1.807, 2.05) is 0 Å². The van der Waals surface area contributed by atoms with Crippen LogP contribution in [0.4, 0.5) is 0 Å². The standard InChI is InChI=1S/C40H56N6S2/c1-13-37(5,6)43-29-25-31-32(26-30(29)44(38(7,8)14-2)35(43)33(47)41-27-21-17-18-22-27)46(40(11,12)16-4)36(45(31)39(9,10)15-3)34(48)42-28-23-19-20-24-28/h17-28H,13-16H2,1-12H3/p+2. The van der Waals surface area contributed by atoms with Gasteiger partial charge in [0.05, 0.1) is 12.1 Å². The van der Waals surface area contributed by atoms with E-state index < -0.39 is 0 Å². The molecule has 0 unspecified atom stereocenters. The van der Waals surface area contributed by atoms with Crippen molar-refractivity contribution in [1.82, 2.24) is 19.8 Å². The van der Waals surface area contributed by atoms with Gasteiger partial charge in [0.15, 0.2) is 32.0 Å². The molecule has 2 aromatic heterocycles. The zero-order chi connectivity index (χ0) is 35.4. The van der Waals surface area contributed by atoms with E-state index in [1.54, 1.807) is 0 Å². The second-order valence-electron chi connectivity index (χ2n) is 16.0. The van der Waals surface area contributed by atoms with Gasteiger partial charge >= 0.3 is 11.6 Å². The largest absolute Gasteiger partial charge is 0.360 e.